The lowest BCUT2D eigenvalue weighted by Crippen LogP contribution is -2.29. The normalized spacial score (nSPS) is 21.5. The standard InChI is InChI=1S/C29H29N3O/c1-5-22-16-21(17-23-10-9-15-32(4)28(22)23)13-14-26-18-24(27(20-30)31-3)19-29(2,33-26)25-11-7-6-8-12-25/h6-8,11-14,16-18H,5,9-10,15,19H2,1-2,4H3. The van der Waals surface area contributed by atoms with Crippen LogP contribution in [0.2, 0.25) is 0 Å². The van der Waals surface area contributed by atoms with Crippen LogP contribution < -0.4 is 4.90 Å². The molecule has 1 unspecified atom stereocenters. The Hall–Kier alpha value is -3.76. The van der Waals surface area contributed by atoms with E-state index in [0.717, 1.165) is 30.5 Å². The molecule has 0 saturated heterocycles. The molecule has 0 radical (unpaired) electrons. The smallest absolute Gasteiger partial charge is 0.265 e. The number of anilines is 1. The minimum absolute atomic E-state index is 0.122. The van der Waals surface area contributed by atoms with Gasteiger partial charge in [0.15, 0.2) is 0 Å². The van der Waals surface area contributed by atoms with Crippen LogP contribution in [-0.2, 0) is 23.2 Å². The number of nitriles is 1. The largest absolute Gasteiger partial charge is 0.483 e. The van der Waals surface area contributed by atoms with Crippen molar-refractivity contribution in [3.05, 3.63) is 105 Å². The lowest BCUT2D eigenvalue weighted by molar-refractivity contribution is 0.0143. The van der Waals surface area contributed by atoms with E-state index >= 15 is 0 Å². The summed E-state index contributed by atoms with van der Waals surface area (Å²) in [5.74, 6) is 0.659. The predicted molar refractivity (Wildman–Crippen MR) is 133 cm³/mol. The van der Waals surface area contributed by atoms with Crippen LogP contribution in [0.5, 0.6) is 0 Å². The zero-order valence-electron chi connectivity index (χ0n) is 19.6. The summed E-state index contributed by atoms with van der Waals surface area (Å²) in [7, 11) is 2.18. The average Bonchev–Trinajstić information content (AvgIpc) is 2.83. The fourth-order valence-electron chi connectivity index (χ4n) is 4.90. The van der Waals surface area contributed by atoms with Crippen LogP contribution in [0.3, 0.4) is 0 Å². The summed E-state index contributed by atoms with van der Waals surface area (Å²) in [5.41, 5.74) is 6.50. The van der Waals surface area contributed by atoms with E-state index in [1.165, 1.54) is 23.2 Å². The molecule has 0 N–H and O–H groups in total. The maximum Gasteiger partial charge on any atom is 0.265 e. The Bertz CT molecular complexity index is 1190. The molecule has 0 bridgehead atoms. The molecule has 2 aromatic rings. The number of benzene rings is 2. The van der Waals surface area contributed by atoms with Gasteiger partial charge in [0, 0.05) is 25.7 Å². The lowest BCUT2D eigenvalue weighted by Gasteiger charge is -2.36. The molecule has 0 amide bonds. The first-order valence-electron chi connectivity index (χ1n) is 11.5. The molecule has 4 heteroatoms. The number of fused-ring (bicyclic) bond motifs is 1. The van der Waals surface area contributed by atoms with Crippen molar-refractivity contribution < 1.29 is 4.74 Å². The Kier molecular flexibility index (Phi) is 6.38. The monoisotopic (exact) mass is 435 g/mol. The molecule has 2 aliphatic heterocycles. The van der Waals surface area contributed by atoms with E-state index in [4.69, 9.17) is 11.3 Å². The Morgan fingerprint density at radius 1 is 1.27 bits per heavy atom. The number of rotatable bonds is 4. The van der Waals surface area contributed by atoms with Crippen molar-refractivity contribution in [2.75, 3.05) is 18.5 Å². The van der Waals surface area contributed by atoms with Crippen molar-refractivity contribution in [1.29, 1.82) is 5.26 Å². The highest BCUT2D eigenvalue weighted by Crippen LogP contribution is 2.40. The van der Waals surface area contributed by atoms with E-state index in [0.29, 0.717) is 17.8 Å². The highest BCUT2D eigenvalue weighted by molar-refractivity contribution is 5.67. The van der Waals surface area contributed by atoms with Gasteiger partial charge in [0.2, 0.25) is 0 Å². The van der Waals surface area contributed by atoms with Crippen LogP contribution in [0.15, 0.2) is 71.6 Å². The van der Waals surface area contributed by atoms with Gasteiger partial charge in [-0.3, -0.25) is 0 Å². The fourth-order valence-corrected chi connectivity index (χ4v) is 4.90. The molecule has 4 nitrogen and oxygen atoms in total. The minimum atomic E-state index is -0.648. The molecule has 33 heavy (non-hydrogen) atoms. The van der Waals surface area contributed by atoms with E-state index in [9.17, 15) is 5.26 Å². The number of hydrogen-bond donors (Lipinski definition) is 0. The molecule has 0 saturated carbocycles. The average molecular weight is 436 g/mol. The summed E-state index contributed by atoms with van der Waals surface area (Å²) in [6, 6.07) is 16.6. The van der Waals surface area contributed by atoms with Crippen LogP contribution in [0.4, 0.5) is 5.69 Å². The van der Waals surface area contributed by atoms with E-state index in [-0.39, 0.29) is 5.70 Å². The van der Waals surface area contributed by atoms with Gasteiger partial charge in [-0.1, -0.05) is 43.3 Å². The first-order chi connectivity index (χ1) is 16.0. The van der Waals surface area contributed by atoms with Gasteiger partial charge < -0.3 is 9.64 Å². The molecule has 2 heterocycles. The van der Waals surface area contributed by atoms with E-state index < -0.39 is 5.60 Å². The van der Waals surface area contributed by atoms with Gasteiger partial charge in [-0.25, -0.2) is 10.1 Å². The van der Waals surface area contributed by atoms with Gasteiger partial charge in [-0.2, -0.15) is 0 Å². The summed E-state index contributed by atoms with van der Waals surface area (Å²) in [5, 5.41) is 9.49. The Labute approximate surface area is 196 Å². The second-order valence-electron chi connectivity index (χ2n) is 8.92. The topological polar surface area (TPSA) is 40.6 Å². The van der Waals surface area contributed by atoms with Crippen molar-refractivity contribution in [1.82, 2.24) is 0 Å². The number of nitrogens with zero attached hydrogens (tertiary/aromatic N) is 3. The Morgan fingerprint density at radius 3 is 2.76 bits per heavy atom. The number of ether oxygens (including phenoxy) is 1. The molecule has 0 aromatic heterocycles. The van der Waals surface area contributed by atoms with Gasteiger partial charge in [-0.05, 0) is 78.3 Å². The first-order valence-corrected chi connectivity index (χ1v) is 11.5. The molecule has 166 valence electrons. The van der Waals surface area contributed by atoms with Crippen LogP contribution in [0.1, 0.15) is 48.9 Å². The van der Waals surface area contributed by atoms with E-state index in [1.54, 1.807) is 0 Å². The Morgan fingerprint density at radius 2 is 2.06 bits per heavy atom. The van der Waals surface area contributed by atoms with Crippen molar-refractivity contribution in [3.8, 4) is 6.07 Å². The molecule has 0 aliphatic carbocycles. The van der Waals surface area contributed by atoms with Crippen LogP contribution in [-0.4, -0.2) is 13.6 Å². The second kappa shape index (κ2) is 9.39. The third kappa shape index (κ3) is 4.57. The summed E-state index contributed by atoms with van der Waals surface area (Å²) < 4.78 is 6.46. The molecular formula is C29H29N3O. The summed E-state index contributed by atoms with van der Waals surface area (Å²) in [6.45, 7) is 12.8. The highest BCUT2D eigenvalue weighted by atomic mass is 16.5. The SMILES string of the molecule is [C-]#[N+]C(C#N)=C1C=C(C=Cc2cc(CC)c3c(c2)CCCN3C)OC(C)(c2ccccc2)C1. The quantitative estimate of drug-likeness (QED) is 0.403. The molecular weight excluding hydrogens is 406 g/mol. The maximum atomic E-state index is 9.49. The summed E-state index contributed by atoms with van der Waals surface area (Å²) >= 11 is 0. The zero-order chi connectivity index (χ0) is 23.4. The van der Waals surface area contributed by atoms with Crippen molar-refractivity contribution in [2.24, 2.45) is 0 Å². The van der Waals surface area contributed by atoms with Crippen molar-refractivity contribution >= 4 is 11.8 Å². The van der Waals surface area contributed by atoms with Gasteiger partial charge >= 0.3 is 0 Å². The molecule has 1 atom stereocenters. The third-order valence-corrected chi connectivity index (χ3v) is 6.53. The van der Waals surface area contributed by atoms with Crippen molar-refractivity contribution in [3.63, 3.8) is 0 Å². The number of aryl methyl sites for hydroxylation is 2. The van der Waals surface area contributed by atoms with Gasteiger partial charge in [0.25, 0.3) is 5.70 Å². The minimum Gasteiger partial charge on any atom is -0.483 e. The lowest BCUT2D eigenvalue weighted by atomic mass is 9.85. The molecule has 4 rings (SSSR count). The summed E-state index contributed by atoms with van der Waals surface area (Å²) in [4.78, 5) is 5.83. The van der Waals surface area contributed by atoms with Gasteiger partial charge in [0.1, 0.15) is 11.4 Å². The second-order valence-corrected chi connectivity index (χ2v) is 8.92. The number of hydrogen-bond acceptors (Lipinski definition) is 3. The van der Waals surface area contributed by atoms with E-state index in [1.807, 2.05) is 49.4 Å². The molecule has 0 spiro atoms. The van der Waals surface area contributed by atoms with Crippen LogP contribution in [0, 0.1) is 17.9 Å². The molecule has 2 aromatic carbocycles. The predicted octanol–water partition coefficient (Wildman–Crippen LogP) is 6.56. The van der Waals surface area contributed by atoms with Crippen LogP contribution >= 0.6 is 0 Å². The zero-order valence-corrected chi connectivity index (χ0v) is 19.6. The Balaban J connectivity index is 1.73. The fraction of sp³-hybridized carbons (Fsp3) is 0.310. The van der Waals surface area contributed by atoms with E-state index in [2.05, 4.69) is 48.0 Å². The van der Waals surface area contributed by atoms with Gasteiger partial charge in [-0.15, -0.1) is 0 Å². The molecule has 2 aliphatic rings. The first kappa shape index (κ1) is 22.4. The number of allylic oxidation sites excluding steroid dienone is 3. The third-order valence-electron chi connectivity index (χ3n) is 6.53. The summed E-state index contributed by atoms with van der Waals surface area (Å²) in [6.07, 6.45) is 9.62. The van der Waals surface area contributed by atoms with Gasteiger partial charge in [0.05, 0.1) is 12.6 Å². The maximum absolute atomic E-state index is 9.49. The molecule has 0 fully saturated rings. The highest BCUT2D eigenvalue weighted by Gasteiger charge is 2.34. The van der Waals surface area contributed by atoms with Crippen molar-refractivity contribution in [2.45, 2.75) is 45.1 Å². The van der Waals surface area contributed by atoms with Crippen LogP contribution in [0.25, 0.3) is 10.9 Å².